The Hall–Kier alpha value is -2.60. The highest BCUT2D eigenvalue weighted by Gasteiger charge is 2.32. The lowest BCUT2D eigenvalue weighted by molar-refractivity contribution is -0.274. The van der Waals surface area contributed by atoms with Crippen molar-refractivity contribution in [3.63, 3.8) is 0 Å². The van der Waals surface area contributed by atoms with Crippen LogP contribution in [0.4, 0.5) is 18.9 Å². The fourth-order valence-electron chi connectivity index (χ4n) is 1.26. The van der Waals surface area contributed by atoms with Gasteiger partial charge in [-0.05, 0) is 6.07 Å². The number of anilines is 1. The van der Waals surface area contributed by atoms with E-state index in [1.165, 1.54) is 18.2 Å². The number of nitriles is 3. The van der Waals surface area contributed by atoms with E-state index in [9.17, 15) is 13.2 Å². The molecule has 0 aliphatic carbocycles. The molecule has 0 aliphatic heterocycles. The van der Waals surface area contributed by atoms with Gasteiger partial charge in [-0.3, -0.25) is 0 Å². The highest BCUT2D eigenvalue weighted by atomic mass is 35.5. The summed E-state index contributed by atoms with van der Waals surface area (Å²) in [4.78, 5) is 0. The van der Waals surface area contributed by atoms with Crippen LogP contribution in [0.25, 0.3) is 0 Å². The molecule has 112 valence electrons. The van der Waals surface area contributed by atoms with Gasteiger partial charge in [0, 0.05) is 11.8 Å². The lowest BCUT2D eigenvalue weighted by Gasteiger charge is -2.13. The summed E-state index contributed by atoms with van der Waals surface area (Å²) in [5.41, 5.74) is -1.12. The van der Waals surface area contributed by atoms with Gasteiger partial charge >= 0.3 is 6.36 Å². The summed E-state index contributed by atoms with van der Waals surface area (Å²) < 4.78 is 40.5. The first kappa shape index (κ1) is 17.5. The van der Waals surface area contributed by atoms with Gasteiger partial charge in [0.2, 0.25) is 0 Å². The maximum Gasteiger partial charge on any atom is 0.573 e. The number of rotatable bonds is 3. The van der Waals surface area contributed by atoms with Crippen molar-refractivity contribution < 1.29 is 17.9 Å². The highest BCUT2D eigenvalue weighted by Crippen LogP contribution is 2.38. The van der Waals surface area contributed by atoms with E-state index >= 15 is 0 Å². The predicted octanol–water partition coefficient (Wildman–Crippen LogP) is 4.13. The SMILES string of the molecule is N#CC(C#N)=C(C#N)Nc1cc(Cl)c(Cl)c(OC(F)(F)F)c1. The molecule has 0 saturated carbocycles. The Kier molecular flexibility index (Phi) is 5.48. The number of allylic oxidation sites excluding steroid dienone is 2. The Morgan fingerprint density at radius 1 is 1.09 bits per heavy atom. The summed E-state index contributed by atoms with van der Waals surface area (Å²) in [6.45, 7) is 0. The molecule has 0 fully saturated rings. The number of hydrogen-bond acceptors (Lipinski definition) is 5. The van der Waals surface area contributed by atoms with Gasteiger partial charge in [-0.1, -0.05) is 23.2 Å². The van der Waals surface area contributed by atoms with E-state index in [2.05, 4.69) is 10.1 Å². The van der Waals surface area contributed by atoms with Gasteiger partial charge < -0.3 is 10.1 Å². The van der Waals surface area contributed by atoms with E-state index in [0.29, 0.717) is 0 Å². The number of nitrogens with one attached hydrogen (secondary N) is 1. The molecule has 1 aromatic rings. The van der Waals surface area contributed by atoms with Gasteiger partial charge in [0.15, 0.2) is 11.3 Å². The normalized spacial score (nSPS) is 9.91. The van der Waals surface area contributed by atoms with Crippen LogP contribution >= 0.6 is 23.2 Å². The van der Waals surface area contributed by atoms with Crippen molar-refractivity contribution in [2.45, 2.75) is 6.36 Å². The monoisotopic (exact) mass is 346 g/mol. The minimum atomic E-state index is -5.00. The van der Waals surface area contributed by atoms with Crippen LogP contribution in [0, 0.1) is 34.0 Å². The zero-order valence-corrected chi connectivity index (χ0v) is 11.8. The molecule has 22 heavy (non-hydrogen) atoms. The van der Waals surface area contributed by atoms with Crippen molar-refractivity contribution in [1.82, 2.24) is 0 Å². The van der Waals surface area contributed by atoms with Crippen molar-refractivity contribution in [3.8, 4) is 24.0 Å². The van der Waals surface area contributed by atoms with Gasteiger partial charge in [-0.15, -0.1) is 13.2 Å². The molecule has 1 aromatic carbocycles. The van der Waals surface area contributed by atoms with Gasteiger partial charge in [-0.25, -0.2) is 0 Å². The third kappa shape index (κ3) is 4.46. The Bertz CT molecular complexity index is 738. The van der Waals surface area contributed by atoms with Crippen LogP contribution in [0.1, 0.15) is 0 Å². The topological polar surface area (TPSA) is 92.6 Å². The van der Waals surface area contributed by atoms with E-state index in [-0.39, 0.29) is 10.7 Å². The minimum absolute atomic E-state index is 0.117. The minimum Gasteiger partial charge on any atom is -0.404 e. The van der Waals surface area contributed by atoms with Gasteiger partial charge in [-0.2, -0.15) is 15.8 Å². The lowest BCUT2D eigenvalue weighted by atomic mass is 10.2. The number of alkyl halides is 3. The highest BCUT2D eigenvalue weighted by molar-refractivity contribution is 6.43. The first-order valence-electron chi connectivity index (χ1n) is 5.18. The van der Waals surface area contributed by atoms with Crippen LogP contribution in [-0.4, -0.2) is 6.36 Å². The number of nitrogens with zero attached hydrogens (tertiary/aromatic N) is 3. The summed E-state index contributed by atoms with van der Waals surface area (Å²) >= 11 is 11.3. The van der Waals surface area contributed by atoms with Crippen LogP contribution in [-0.2, 0) is 0 Å². The molecule has 0 saturated heterocycles. The average Bonchev–Trinajstić information content (AvgIpc) is 2.42. The Morgan fingerprint density at radius 3 is 2.14 bits per heavy atom. The summed E-state index contributed by atoms with van der Waals surface area (Å²) in [6, 6.07) is 6.40. The van der Waals surface area contributed by atoms with E-state index in [1.54, 1.807) is 0 Å². The molecule has 0 bridgehead atoms. The number of hydrogen-bond donors (Lipinski definition) is 1. The molecule has 0 spiro atoms. The summed E-state index contributed by atoms with van der Waals surface area (Å²) in [5, 5.41) is 27.7. The molecule has 0 atom stereocenters. The molecule has 0 aliphatic rings. The maximum atomic E-state index is 12.3. The second-order valence-corrected chi connectivity index (χ2v) is 4.31. The standard InChI is InChI=1S/C12H3Cl2F3N4O/c13-8-1-7(21-9(5-20)6(3-18)4-19)2-10(11(8)14)22-12(15,16)17/h1-2,21H. The Morgan fingerprint density at radius 2 is 1.68 bits per heavy atom. The number of ether oxygens (including phenoxy) is 1. The maximum absolute atomic E-state index is 12.3. The predicted molar refractivity (Wildman–Crippen MR) is 70.6 cm³/mol. The zero-order chi connectivity index (χ0) is 16.9. The van der Waals surface area contributed by atoms with Gasteiger partial charge in [0.05, 0.1) is 5.02 Å². The van der Waals surface area contributed by atoms with Crippen molar-refractivity contribution in [3.05, 3.63) is 33.4 Å². The number of halogens is 5. The first-order chi connectivity index (χ1) is 10.2. The van der Waals surface area contributed by atoms with Crippen LogP contribution in [0.15, 0.2) is 23.4 Å². The smallest absolute Gasteiger partial charge is 0.404 e. The molecule has 0 aromatic heterocycles. The lowest BCUT2D eigenvalue weighted by Crippen LogP contribution is -2.17. The van der Waals surface area contributed by atoms with Crippen molar-refractivity contribution in [2.75, 3.05) is 5.32 Å². The number of benzene rings is 1. The molecule has 1 rings (SSSR count). The largest absolute Gasteiger partial charge is 0.573 e. The summed E-state index contributed by atoms with van der Waals surface area (Å²) in [6.07, 6.45) is -5.00. The van der Waals surface area contributed by atoms with Crippen LogP contribution in [0.2, 0.25) is 10.0 Å². The van der Waals surface area contributed by atoms with Crippen LogP contribution < -0.4 is 10.1 Å². The van der Waals surface area contributed by atoms with Crippen molar-refractivity contribution in [1.29, 1.82) is 15.8 Å². The molecule has 0 amide bonds. The fourth-order valence-corrected chi connectivity index (χ4v) is 1.62. The van der Waals surface area contributed by atoms with Crippen LogP contribution in [0.5, 0.6) is 5.75 Å². The summed E-state index contributed by atoms with van der Waals surface area (Å²) in [7, 11) is 0. The van der Waals surface area contributed by atoms with E-state index in [4.69, 9.17) is 39.0 Å². The van der Waals surface area contributed by atoms with Gasteiger partial charge in [0.25, 0.3) is 0 Å². The molecule has 0 unspecified atom stereocenters. The first-order valence-corrected chi connectivity index (χ1v) is 5.93. The second-order valence-electron chi connectivity index (χ2n) is 3.53. The fraction of sp³-hybridized carbons (Fsp3) is 0.0833. The summed E-state index contributed by atoms with van der Waals surface area (Å²) in [5.74, 6) is -0.795. The average molecular weight is 347 g/mol. The Balaban J connectivity index is 3.29. The van der Waals surface area contributed by atoms with Crippen molar-refractivity contribution in [2.24, 2.45) is 0 Å². The molecular weight excluding hydrogens is 344 g/mol. The quantitative estimate of drug-likeness (QED) is 0.830. The van der Waals surface area contributed by atoms with E-state index < -0.39 is 28.4 Å². The third-order valence-corrected chi connectivity index (χ3v) is 2.86. The van der Waals surface area contributed by atoms with Crippen molar-refractivity contribution >= 4 is 28.9 Å². The third-order valence-electron chi connectivity index (χ3n) is 2.08. The zero-order valence-electron chi connectivity index (χ0n) is 10.3. The van der Waals surface area contributed by atoms with E-state index in [0.717, 1.165) is 12.1 Å². The second kappa shape index (κ2) is 6.91. The van der Waals surface area contributed by atoms with E-state index in [1.807, 2.05) is 0 Å². The molecule has 10 heteroatoms. The Labute approximate surface area is 132 Å². The molecule has 0 heterocycles. The molecular formula is C12H3Cl2F3N4O. The van der Waals surface area contributed by atoms with Gasteiger partial charge in [0.1, 0.15) is 28.9 Å². The molecule has 5 nitrogen and oxygen atoms in total. The molecule has 1 N–H and O–H groups in total. The van der Waals surface area contributed by atoms with Crippen LogP contribution in [0.3, 0.4) is 0 Å². The molecule has 0 radical (unpaired) electrons.